The molecule has 1 atom stereocenters. The molecule has 0 aromatic heterocycles. The molecule has 1 aliphatic heterocycles. The standard InChI is InChI=1S/C17H27NO3/c1-17(2,3)14-4-6-16(7-5-14)21-11-9-18-8-10-20-13-15(18)12-19/h4-7,15,19H,8-13H2,1-3H3. The predicted molar refractivity (Wildman–Crippen MR) is 83.9 cm³/mol. The molecule has 4 heteroatoms. The van der Waals surface area contributed by atoms with Crippen LogP contribution in [-0.2, 0) is 10.2 Å². The topological polar surface area (TPSA) is 41.9 Å². The minimum Gasteiger partial charge on any atom is -0.492 e. The van der Waals surface area contributed by atoms with Gasteiger partial charge in [-0.2, -0.15) is 0 Å². The Morgan fingerprint density at radius 2 is 2.00 bits per heavy atom. The molecule has 0 amide bonds. The lowest BCUT2D eigenvalue weighted by atomic mass is 9.87. The zero-order valence-electron chi connectivity index (χ0n) is 13.3. The van der Waals surface area contributed by atoms with Crippen LogP contribution in [0, 0.1) is 0 Å². The second-order valence-electron chi connectivity index (χ2n) is 6.57. The van der Waals surface area contributed by atoms with Gasteiger partial charge in [0, 0.05) is 13.1 Å². The highest BCUT2D eigenvalue weighted by molar-refractivity contribution is 5.31. The summed E-state index contributed by atoms with van der Waals surface area (Å²) in [6.45, 7) is 10.4. The first-order valence-electron chi connectivity index (χ1n) is 7.66. The van der Waals surface area contributed by atoms with E-state index in [2.05, 4.69) is 37.8 Å². The minimum absolute atomic E-state index is 0.102. The molecule has 1 aromatic rings. The molecule has 1 heterocycles. The lowest BCUT2D eigenvalue weighted by Gasteiger charge is -2.34. The van der Waals surface area contributed by atoms with E-state index < -0.39 is 0 Å². The van der Waals surface area contributed by atoms with Crippen LogP contribution in [0.2, 0.25) is 0 Å². The second kappa shape index (κ2) is 7.25. The molecule has 1 N–H and O–H groups in total. The number of nitrogens with zero attached hydrogens (tertiary/aromatic N) is 1. The highest BCUT2D eigenvalue weighted by atomic mass is 16.5. The van der Waals surface area contributed by atoms with Crippen molar-refractivity contribution in [1.82, 2.24) is 4.90 Å². The van der Waals surface area contributed by atoms with Crippen molar-refractivity contribution in [3.63, 3.8) is 0 Å². The third kappa shape index (κ3) is 4.70. The Morgan fingerprint density at radius 3 is 2.62 bits per heavy atom. The van der Waals surface area contributed by atoms with Crippen LogP contribution >= 0.6 is 0 Å². The molecule has 2 rings (SSSR count). The fourth-order valence-corrected chi connectivity index (χ4v) is 2.48. The van der Waals surface area contributed by atoms with E-state index in [9.17, 15) is 5.11 Å². The summed E-state index contributed by atoms with van der Waals surface area (Å²) in [7, 11) is 0. The van der Waals surface area contributed by atoms with Gasteiger partial charge < -0.3 is 14.6 Å². The van der Waals surface area contributed by atoms with Crippen LogP contribution in [0.1, 0.15) is 26.3 Å². The van der Waals surface area contributed by atoms with E-state index in [-0.39, 0.29) is 18.1 Å². The number of aliphatic hydroxyl groups is 1. The molecule has 1 fully saturated rings. The highest BCUT2D eigenvalue weighted by Crippen LogP contribution is 2.24. The van der Waals surface area contributed by atoms with Gasteiger partial charge in [-0.25, -0.2) is 0 Å². The Hall–Kier alpha value is -1.10. The van der Waals surface area contributed by atoms with Gasteiger partial charge in [-0.05, 0) is 23.1 Å². The molecule has 1 unspecified atom stereocenters. The third-order valence-electron chi connectivity index (χ3n) is 3.93. The molecule has 0 saturated carbocycles. The summed E-state index contributed by atoms with van der Waals surface area (Å²) >= 11 is 0. The van der Waals surface area contributed by atoms with Crippen molar-refractivity contribution >= 4 is 0 Å². The summed E-state index contributed by atoms with van der Waals surface area (Å²) in [5.41, 5.74) is 1.48. The monoisotopic (exact) mass is 293 g/mol. The number of hydrogen-bond donors (Lipinski definition) is 1. The molecule has 1 saturated heterocycles. The van der Waals surface area contributed by atoms with Gasteiger partial charge in [-0.1, -0.05) is 32.9 Å². The van der Waals surface area contributed by atoms with E-state index in [1.165, 1.54) is 5.56 Å². The van der Waals surface area contributed by atoms with Crippen molar-refractivity contribution in [2.45, 2.75) is 32.2 Å². The largest absolute Gasteiger partial charge is 0.492 e. The van der Waals surface area contributed by atoms with E-state index in [0.717, 1.165) is 25.4 Å². The molecule has 1 aromatic carbocycles. The molecule has 118 valence electrons. The number of hydrogen-bond acceptors (Lipinski definition) is 4. The molecule has 0 aliphatic carbocycles. The average molecular weight is 293 g/mol. The third-order valence-corrected chi connectivity index (χ3v) is 3.93. The van der Waals surface area contributed by atoms with E-state index in [1.54, 1.807) is 0 Å². The van der Waals surface area contributed by atoms with Crippen molar-refractivity contribution in [2.75, 3.05) is 39.5 Å². The Bertz CT molecular complexity index is 425. The van der Waals surface area contributed by atoms with E-state index >= 15 is 0 Å². The molecular formula is C17H27NO3. The van der Waals surface area contributed by atoms with Crippen LogP contribution < -0.4 is 4.74 Å². The van der Waals surface area contributed by atoms with Crippen molar-refractivity contribution < 1.29 is 14.6 Å². The van der Waals surface area contributed by atoms with E-state index in [4.69, 9.17) is 9.47 Å². The number of rotatable bonds is 5. The van der Waals surface area contributed by atoms with Crippen LogP contribution in [0.25, 0.3) is 0 Å². The lowest BCUT2D eigenvalue weighted by molar-refractivity contribution is -0.0312. The maximum absolute atomic E-state index is 9.32. The van der Waals surface area contributed by atoms with E-state index in [0.29, 0.717) is 13.2 Å². The maximum Gasteiger partial charge on any atom is 0.119 e. The van der Waals surface area contributed by atoms with Gasteiger partial charge in [-0.3, -0.25) is 4.90 Å². The Morgan fingerprint density at radius 1 is 1.29 bits per heavy atom. The van der Waals surface area contributed by atoms with Gasteiger partial charge in [0.05, 0.1) is 25.9 Å². The van der Waals surface area contributed by atoms with Crippen LogP contribution in [0.15, 0.2) is 24.3 Å². The highest BCUT2D eigenvalue weighted by Gasteiger charge is 2.21. The van der Waals surface area contributed by atoms with Gasteiger partial charge >= 0.3 is 0 Å². The van der Waals surface area contributed by atoms with Crippen LogP contribution in [0.3, 0.4) is 0 Å². The van der Waals surface area contributed by atoms with Gasteiger partial charge in [0.15, 0.2) is 0 Å². The van der Waals surface area contributed by atoms with Gasteiger partial charge in [0.2, 0.25) is 0 Å². The Labute approximate surface area is 127 Å². The van der Waals surface area contributed by atoms with Gasteiger partial charge in [-0.15, -0.1) is 0 Å². The van der Waals surface area contributed by atoms with Gasteiger partial charge in [0.1, 0.15) is 12.4 Å². The predicted octanol–water partition coefficient (Wildman–Crippen LogP) is 2.06. The summed E-state index contributed by atoms with van der Waals surface area (Å²) in [5, 5.41) is 9.32. The lowest BCUT2D eigenvalue weighted by Crippen LogP contribution is -2.48. The minimum atomic E-state index is 0.102. The molecule has 0 radical (unpaired) electrons. The summed E-state index contributed by atoms with van der Waals surface area (Å²) in [6, 6.07) is 8.42. The molecule has 4 nitrogen and oxygen atoms in total. The smallest absolute Gasteiger partial charge is 0.119 e. The normalized spacial score (nSPS) is 20.5. The average Bonchev–Trinajstić information content (AvgIpc) is 2.47. The summed E-state index contributed by atoms with van der Waals surface area (Å²) in [5.74, 6) is 0.900. The number of morpholine rings is 1. The molecule has 0 spiro atoms. The van der Waals surface area contributed by atoms with Crippen molar-refractivity contribution in [2.24, 2.45) is 0 Å². The first kappa shape index (κ1) is 16.3. The first-order chi connectivity index (χ1) is 10.0. The molecule has 21 heavy (non-hydrogen) atoms. The van der Waals surface area contributed by atoms with Gasteiger partial charge in [0.25, 0.3) is 0 Å². The van der Waals surface area contributed by atoms with Crippen molar-refractivity contribution in [3.05, 3.63) is 29.8 Å². The summed E-state index contributed by atoms with van der Waals surface area (Å²) in [6.07, 6.45) is 0. The van der Waals surface area contributed by atoms with E-state index in [1.807, 2.05) is 12.1 Å². The van der Waals surface area contributed by atoms with Crippen LogP contribution in [0.4, 0.5) is 0 Å². The fourth-order valence-electron chi connectivity index (χ4n) is 2.48. The Balaban J connectivity index is 1.80. The first-order valence-corrected chi connectivity index (χ1v) is 7.66. The second-order valence-corrected chi connectivity index (χ2v) is 6.57. The van der Waals surface area contributed by atoms with Crippen molar-refractivity contribution in [1.29, 1.82) is 0 Å². The quantitative estimate of drug-likeness (QED) is 0.902. The molecule has 1 aliphatic rings. The fraction of sp³-hybridized carbons (Fsp3) is 0.647. The SMILES string of the molecule is CC(C)(C)c1ccc(OCCN2CCOCC2CO)cc1. The number of aliphatic hydroxyl groups excluding tert-OH is 1. The maximum atomic E-state index is 9.32. The zero-order valence-corrected chi connectivity index (χ0v) is 13.3. The summed E-state index contributed by atoms with van der Waals surface area (Å²) in [4.78, 5) is 2.23. The van der Waals surface area contributed by atoms with Crippen LogP contribution in [-0.4, -0.2) is 55.6 Å². The number of ether oxygens (including phenoxy) is 2. The van der Waals surface area contributed by atoms with Crippen LogP contribution in [0.5, 0.6) is 5.75 Å². The molecular weight excluding hydrogens is 266 g/mol. The van der Waals surface area contributed by atoms with Crippen molar-refractivity contribution in [3.8, 4) is 5.75 Å². The molecule has 0 bridgehead atoms. The Kier molecular flexibility index (Phi) is 5.62. The summed E-state index contributed by atoms with van der Waals surface area (Å²) < 4.78 is 11.2. The zero-order chi connectivity index (χ0) is 15.3. The number of benzene rings is 1.